The summed E-state index contributed by atoms with van der Waals surface area (Å²) in [5.74, 6) is 0.700. The van der Waals surface area contributed by atoms with Gasteiger partial charge in [-0.05, 0) is 35.8 Å². The van der Waals surface area contributed by atoms with Crippen molar-refractivity contribution in [2.45, 2.75) is 20.0 Å². The Morgan fingerprint density at radius 2 is 2.33 bits per heavy atom. The van der Waals surface area contributed by atoms with E-state index in [1.54, 1.807) is 6.20 Å². The third-order valence-electron chi connectivity index (χ3n) is 1.73. The molecule has 0 bridgehead atoms. The smallest absolute Gasteiger partial charge is 0.149 e. The Bertz CT molecular complexity index is 318. The number of aromatic nitrogens is 1. The summed E-state index contributed by atoms with van der Waals surface area (Å²) in [6.07, 6.45) is 1.96. The zero-order valence-corrected chi connectivity index (χ0v) is 10.5. The number of hydrogen-bond donors (Lipinski definition) is 2. The summed E-state index contributed by atoms with van der Waals surface area (Å²) in [6.45, 7) is 5.37. The Labute approximate surface area is 98.3 Å². The molecule has 0 fully saturated rings. The third-order valence-corrected chi connectivity index (χ3v) is 2.16. The van der Waals surface area contributed by atoms with Crippen LogP contribution >= 0.6 is 15.9 Å². The molecule has 0 atom stereocenters. The van der Waals surface area contributed by atoms with Gasteiger partial charge in [0.2, 0.25) is 0 Å². The van der Waals surface area contributed by atoms with Crippen LogP contribution in [-0.2, 0) is 4.74 Å². The van der Waals surface area contributed by atoms with Gasteiger partial charge in [0.1, 0.15) is 5.82 Å². The number of hydrogen-bond acceptors (Lipinski definition) is 4. The molecule has 3 N–H and O–H groups in total. The number of rotatable bonds is 5. The van der Waals surface area contributed by atoms with Crippen LogP contribution in [0.4, 0.5) is 11.5 Å². The van der Waals surface area contributed by atoms with Gasteiger partial charge in [-0.2, -0.15) is 0 Å². The number of pyridine rings is 1. The monoisotopic (exact) mass is 273 g/mol. The van der Waals surface area contributed by atoms with E-state index in [4.69, 9.17) is 10.5 Å². The Hall–Kier alpha value is -0.810. The maximum Gasteiger partial charge on any atom is 0.149 e. The molecule has 0 aliphatic rings. The van der Waals surface area contributed by atoms with Crippen molar-refractivity contribution in [3.63, 3.8) is 0 Å². The van der Waals surface area contributed by atoms with Gasteiger partial charge in [0.05, 0.1) is 18.4 Å². The van der Waals surface area contributed by atoms with Gasteiger partial charge in [0.15, 0.2) is 0 Å². The predicted molar refractivity (Wildman–Crippen MR) is 65.9 cm³/mol. The van der Waals surface area contributed by atoms with Crippen molar-refractivity contribution in [1.82, 2.24) is 4.98 Å². The van der Waals surface area contributed by atoms with E-state index in [-0.39, 0.29) is 6.10 Å². The molecule has 5 heteroatoms. The zero-order valence-electron chi connectivity index (χ0n) is 8.96. The first-order chi connectivity index (χ1) is 7.09. The Morgan fingerprint density at radius 3 is 2.93 bits per heavy atom. The summed E-state index contributed by atoms with van der Waals surface area (Å²) in [5, 5.41) is 3.11. The normalized spacial score (nSPS) is 10.7. The molecule has 84 valence electrons. The van der Waals surface area contributed by atoms with Gasteiger partial charge >= 0.3 is 0 Å². The fourth-order valence-corrected chi connectivity index (χ4v) is 1.42. The Morgan fingerprint density at radius 1 is 1.60 bits per heavy atom. The van der Waals surface area contributed by atoms with Crippen molar-refractivity contribution >= 4 is 27.4 Å². The third kappa shape index (κ3) is 4.48. The summed E-state index contributed by atoms with van der Waals surface area (Å²) in [4.78, 5) is 4.16. The molecule has 1 aromatic heterocycles. The highest BCUT2D eigenvalue weighted by Gasteiger charge is 2.00. The van der Waals surface area contributed by atoms with Crippen LogP contribution in [0.25, 0.3) is 0 Å². The number of ether oxygens (including phenoxy) is 1. The van der Waals surface area contributed by atoms with E-state index in [1.807, 2.05) is 19.9 Å². The second-order valence-corrected chi connectivity index (χ2v) is 4.35. The molecule has 0 amide bonds. The summed E-state index contributed by atoms with van der Waals surface area (Å²) in [6, 6.07) is 1.82. The van der Waals surface area contributed by atoms with Crippen molar-refractivity contribution in [2.24, 2.45) is 0 Å². The minimum Gasteiger partial charge on any atom is -0.396 e. The van der Waals surface area contributed by atoms with Crippen molar-refractivity contribution in [3.8, 4) is 0 Å². The number of nitrogens with zero attached hydrogens (tertiary/aromatic N) is 1. The van der Waals surface area contributed by atoms with Gasteiger partial charge in [-0.15, -0.1) is 0 Å². The molecule has 0 saturated carbocycles. The average molecular weight is 274 g/mol. The molecule has 0 saturated heterocycles. The highest BCUT2D eigenvalue weighted by atomic mass is 79.9. The van der Waals surface area contributed by atoms with E-state index in [1.165, 1.54) is 0 Å². The highest BCUT2D eigenvalue weighted by molar-refractivity contribution is 9.10. The molecule has 0 aromatic carbocycles. The van der Waals surface area contributed by atoms with Crippen LogP contribution in [0.1, 0.15) is 13.8 Å². The van der Waals surface area contributed by atoms with Crippen LogP contribution < -0.4 is 11.1 Å². The number of nitrogens with one attached hydrogen (secondary N) is 1. The van der Waals surface area contributed by atoms with Gasteiger partial charge in [0.25, 0.3) is 0 Å². The average Bonchev–Trinajstić information content (AvgIpc) is 2.14. The second kappa shape index (κ2) is 5.92. The van der Waals surface area contributed by atoms with Crippen molar-refractivity contribution in [3.05, 3.63) is 16.7 Å². The minimum absolute atomic E-state index is 0.252. The number of nitrogens with two attached hydrogens (primary N) is 1. The van der Waals surface area contributed by atoms with Crippen LogP contribution in [0.15, 0.2) is 16.7 Å². The second-order valence-electron chi connectivity index (χ2n) is 3.44. The Balaban J connectivity index is 2.37. The summed E-state index contributed by atoms with van der Waals surface area (Å²) < 4.78 is 6.27. The largest absolute Gasteiger partial charge is 0.396 e. The van der Waals surface area contributed by atoms with Gasteiger partial charge < -0.3 is 15.8 Å². The first kappa shape index (κ1) is 12.3. The lowest BCUT2D eigenvalue weighted by atomic mass is 10.4. The molecule has 1 rings (SSSR count). The van der Waals surface area contributed by atoms with Crippen LogP contribution in [0.5, 0.6) is 0 Å². The number of halogens is 1. The van der Waals surface area contributed by atoms with Gasteiger partial charge in [-0.25, -0.2) is 4.98 Å². The minimum atomic E-state index is 0.252. The predicted octanol–water partition coefficient (Wildman–Crippen LogP) is 2.26. The molecular formula is C10H16BrN3O. The lowest BCUT2D eigenvalue weighted by Gasteiger charge is -2.10. The van der Waals surface area contributed by atoms with Crippen molar-refractivity contribution in [1.29, 1.82) is 0 Å². The van der Waals surface area contributed by atoms with Gasteiger partial charge in [-0.3, -0.25) is 0 Å². The lowest BCUT2D eigenvalue weighted by molar-refractivity contribution is 0.0870. The first-order valence-electron chi connectivity index (χ1n) is 4.86. The molecular weight excluding hydrogens is 258 g/mol. The van der Waals surface area contributed by atoms with E-state index in [2.05, 4.69) is 26.2 Å². The molecule has 1 aromatic rings. The number of anilines is 2. The first-order valence-corrected chi connectivity index (χ1v) is 5.65. The molecule has 0 spiro atoms. The number of nitrogen functional groups attached to an aromatic ring is 1. The topological polar surface area (TPSA) is 60.2 Å². The molecule has 0 aliphatic heterocycles. The molecule has 0 aliphatic carbocycles. The molecule has 0 radical (unpaired) electrons. The zero-order chi connectivity index (χ0) is 11.3. The SMILES string of the molecule is CC(C)OCCNc1ncc(Br)cc1N. The van der Waals surface area contributed by atoms with E-state index >= 15 is 0 Å². The summed E-state index contributed by atoms with van der Waals surface area (Å²) in [5.41, 5.74) is 6.40. The van der Waals surface area contributed by atoms with Crippen LogP contribution in [0.2, 0.25) is 0 Å². The lowest BCUT2D eigenvalue weighted by Crippen LogP contribution is -2.14. The van der Waals surface area contributed by atoms with E-state index in [0.29, 0.717) is 24.7 Å². The van der Waals surface area contributed by atoms with Crippen LogP contribution in [0.3, 0.4) is 0 Å². The maximum absolute atomic E-state index is 5.77. The van der Waals surface area contributed by atoms with Crippen molar-refractivity contribution in [2.75, 3.05) is 24.2 Å². The molecule has 15 heavy (non-hydrogen) atoms. The Kier molecular flexibility index (Phi) is 4.84. The van der Waals surface area contributed by atoms with Crippen molar-refractivity contribution < 1.29 is 4.74 Å². The quantitative estimate of drug-likeness (QED) is 0.808. The van der Waals surface area contributed by atoms with E-state index in [0.717, 1.165) is 4.47 Å². The summed E-state index contributed by atoms with van der Waals surface area (Å²) >= 11 is 3.30. The van der Waals surface area contributed by atoms with E-state index in [9.17, 15) is 0 Å². The molecule has 4 nitrogen and oxygen atoms in total. The van der Waals surface area contributed by atoms with Gasteiger partial charge in [0, 0.05) is 17.2 Å². The standard InChI is InChI=1S/C10H16BrN3O/c1-7(2)15-4-3-13-10-9(12)5-8(11)6-14-10/h5-7H,3-4,12H2,1-2H3,(H,13,14). The maximum atomic E-state index is 5.77. The highest BCUT2D eigenvalue weighted by Crippen LogP contribution is 2.19. The fraction of sp³-hybridized carbons (Fsp3) is 0.500. The molecule has 0 unspecified atom stereocenters. The van der Waals surface area contributed by atoms with E-state index < -0.39 is 0 Å². The molecule has 1 heterocycles. The fourth-order valence-electron chi connectivity index (χ4n) is 1.07. The summed E-state index contributed by atoms with van der Waals surface area (Å²) in [7, 11) is 0. The van der Waals surface area contributed by atoms with Crippen LogP contribution in [0, 0.1) is 0 Å². The van der Waals surface area contributed by atoms with Crippen LogP contribution in [-0.4, -0.2) is 24.2 Å². The van der Waals surface area contributed by atoms with Gasteiger partial charge in [-0.1, -0.05) is 0 Å².